The van der Waals surface area contributed by atoms with Crippen molar-refractivity contribution in [2.24, 2.45) is 0 Å². The van der Waals surface area contributed by atoms with Gasteiger partial charge in [0.05, 0.1) is 6.61 Å². The molecule has 0 atom stereocenters. The van der Waals surface area contributed by atoms with E-state index in [0.717, 1.165) is 19.5 Å². The Balaban J connectivity index is 3.07. The second kappa shape index (κ2) is 8.53. The van der Waals surface area contributed by atoms with Crippen LogP contribution in [0.2, 0.25) is 0 Å². The highest BCUT2D eigenvalue weighted by atomic mass is 16.5. The molecule has 0 unspecified atom stereocenters. The van der Waals surface area contributed by atoms with E-state index >= 15 is 0 Å². The lowest BCUT2D eigenvalue weighted by Crippen LogP contribution is -2.21. The molecule has 0 saturated carbocycles. The van der Waals surface area contributed by atoms with E-state index in [2.05, 4.69) is 23.6 Å². The summed E-state index contributed by atoms with van der Waals surface area (Å²) in [5.41, 5.74) is 0. The smallest absolute Gasteiger partial charge is 0.417 e. The molecule has 0 aliphatic heterocycles. The van der Waals surface area contributed by atoms with Gasteiger partial charge in [0.2, 0.25) is 0 Å². The second-order valence-corrected chi connectivity index (χ2v) is 2.94. The van der Waals surface area contributed by atoms with Gasteiger partial charge in [0, 0.05) is 6.54 Å². The lowest BCUT2D eigenvalue weighted by atomic mass is 10.3. The maximum atomic E-state index is 9.66. The quantitative estimate of drug-likeness (QED) is 0.515. The highest BCUT2D eigenvalue weighted by molar-refractivity contribution is 5.37. The van der Waals surface area contributed by atoms with Gasteiger partial charge in [-0.3, -0.25) is 0 Å². The predicted octanol–water partition coefficient (Wildman–Crippen LogP) is 1.19. The summed E-state index contributed by atoms with van der Waals surface area (Å²) >= 11 is 0. The summed E-state index contributed by atoms with van der Waals surface area (Å²) < 4.78 is 4.46. The van der Waals surface area contributed by atoms with Gasteiger partial charge in [0.25, 0.3) is 0 Å². The molecule has 0 amide bonds. The van der Waals surface area contributed by atoms with Crippen LogP contribution in [0.25, 0.3) is 0 Å². The van der Waals surface area contributed by atoms with Crippen LogP contribution in [0.1, 0.15) is 26.2 Å². The van der Waals surface area contributed by atoms with Crippen LogP contribution in [-0.2, 0) is 9.53 Å². The Kier molecular flexibility index (Phi) is 8.12. The molecule has 0 spiro atoms. The molecule has 0 fully saturated rings. The average molecular weight is 172 g/mol. The summed E-state index contributed by atoms with van der Waals surface area (Å²) in [6.07, 6.45) is 3.36. The van der Waals surface area contributed by atoms with Crippen LogP contribution in [0.3, 0.4) is 0 Å². The van der Waals surface area contributed by atoms with Crippen LogP contribution in [0.15, 0.2) is 0 Å². The maximum absolute atomic E-state index is 9.66. The zero-order valence-corrected chi connectivity index (χ0v) is 8.01. The first-order chi connectivity index (χ1) is 5.81. The van der Waals surface area contributed by atoms with E-state index in [9.17, 15) is 4.79 Å². The van der Waals surface area contributed by atoms with Crippen molar-refractivity contribution in [1.82, 2.24) is 4.90 Å². The number of nitrogens with zero attached hydrogens (tertiary/aromatic N) is 1. The van der Waals surface area contributed by atoms with Crippen molar-refractivity contribution >= 4 is 6.47 Å². The van der Waals surface area contributed by atoms with Crippen molar-refractivity contribution in [3.63, 3.8) is 0 Å². The van der Waals surface area contributed by atoms with E-state index in [4.69, 9.17) is 0 Å². The first-order valence-electron chi connectivity index (χ1n) is 4.48. The van der Waals surface area contributed by atoms with Crippen molar-refractivity contribution in [2.45, 2.75) is 26.2 Å². The minimum atomic E-state index is 0.486. The summed E-state index contributed by atoms with van der Waals surface area (Å²) in [6.45, 7) is 6.20. The molecule has 0 aliphatic rings. The number of carbonyl (C=O) groups excluding carboxylic acids is 1. The van der Waals surface area contributed by atoms with Crippen molar-refractivity contribution in [2.75, 3.05) is 26.7 Å². The largest absolute Gasteiger partial charge is 0.457 e. The van der Waals surface area contributed by atoms with E-state index in [1.54, 1.807) is 0 Å². The summed E-state index contributed by atoms with van der Waals surface area (Å²) in [5.74, 6) is 0. The van der Waals surface area contributed by atoms with E-state index < -0.39 is 0 Å². The van der Waals surface area contributed by atoms with Crippen LogP contribution in [0, 0.1) is 0 Å². The monoisotopic (exact) mass is 172 g/mol. The summed E-state index contributed by atoms with van der Waals surface area (Å²) in [6, 6.07) is 0. The summed E-state index contributed by atoms with van der Waals surface area (Å²) in [4.78, 5) is 11.9. The van der Waals surface area contributed by atoms with Crippen molar-refractivity contribution in [1.29, 1.82) is 0 Å². The Morgan fingerprint density at radius 2 is 2.00 bits per heavy atom. The standard InChI is InChI=1S/C9H18NO2/c1-3-4-6-10(2)7-5-8-12-9-11/h3-8H2,1-2H3. The van der Waals surface area contributed by atoms with Gasteiger partial charge in [-0.15, -0.1) is 0 Å². The lowest BCUT2D eigenvalue weighted by molar-refractivity contribution is 0.241. The van der Waals surface area contributed by atoms with E-state index in [1.807, 2.05) is 0 Å². The molecule has 1 radical (unpaired) electrons. The highest BCUT2D eigenvalue weighted by Gasteiger charge is 1.96. The molecule has 0 bridgehead atoms. The third-order valence-corrected chi connectivity index (χ3v) is 1.74. The van der Waals surface area contributed by atoms with Crippen LogP contribution >= 0.6 is 0 Å². The predicted molar refractivity (Wildman–Crippen MR) is 48.7 cm³/mol. The zero-order chi connectivity index (χ0) is 9.23. The Morgan fingerprint density at radius 1 is 1.33 bits per heavy atom. The molecule has 0 aromatic carbocycles. The van der Waals surface area contributed by atoms with Crippen LogP contribution in [0.5, 0.6) is 0 Å². The summed E-state index contributed by atoms with van der Waals surface area (Å²) in [7, 11) is 2.08. The van der Waals surface area contributed by atoms with Crippen molar-refractivity contribution in [3.05, 3.63) is 0 Å². The molecular formula is C9H18NO2. The van der Waals surface area contributed by atoms with Gasteiger partial charge >= 0.3 is 6.47 Å². The van der Waals surface area contributed by atoms with Crippen LogP contribution in [-0.4, -0.2) is 38.1 Å². The number of rotatable bonds is 8. The molecule has 3 heteroatoms. The molecule has 3 nitrogen and oxygen atoms in total. The Hall–Kier alpha value is -0.570. The van der Waals surface area contributed by atoms with Gasteiger partial charge in [-0.05, 0) is 26.4 Å². The Bertz CT molecular complexity index is 107. The van der Waals surface area contributed by atoms with Gasteiger partial charge in [-0.25, -0.2) is 4.79 Å². The minimum absolute atomic E-state index is 0.486. The molecule has 0 aliphatic carbocycles. The molecule has 0 aromatic rings. The normalized spacial score (nSPS) is 10.2. The van der Waals surface area contributed by atoms with E-state index in [1.165, 1.54) is 19.3 Å². The van der Waals surface area contributed by atoms with E-state index in [0.29, 0.717) is 6.61 Å². The van der Waals surface area contributed by atoms with Gasteiger partial charge in [-0.2, -0.15) is 0 Å². The number of hydrogen-bond donors (Lipinski definition) is 0. The van der Waals surface area contributed by atoms with E-state index in [-0.39, 0.29) is 0 Å². The van der Waals surface area contributed by atoms with Gasteiger partial charge in [-0.1, -0.05) is 13.3 Å². The molecule has 0 N–H and O–H groups in total. The van der Waals surface area contributed by atoms with Gasteiger partial charge < -0.3 is 9.64 Å². The first-order valence-corrected chi connectivity index (χ1v) is 4.48. The average Bonchev–Trinajstić information content (AvgIpc) is 2.09. The molecule has 0 heterocycles. The Labute approximate surface area is 74.7 Å². The zero-order valence-electron chi connectivity index (χ0n) is 8.01. The maximum Gasteiger partial charge on any atom is 0.417 e. The van der Waals surface area contributed by atoms with Crippen LogP contribution in [0.4, 0.5) is 0 Å². The molecule has 0 aromatic heterocycles. The Morgan fingerprint density at radius 3 is 2.58 bits per heavy atom. The van der Waals surface area contributed by atoms with Crippen molar-refractivity contribution < 1.29 is 9.53 Å². The molecule has 0 rings (SSSR count). The minimum Gasteiger partial charge on any atom is -0.457 e. The summed E-state index contributed by atoms with van der Waals surface area (Å²) in [5, 5.41) is 0. The topological polar surface area (TPSA) is 29.5 Å². The highest BCUT2D eigenvalue weighted by Crippen LogP contribution is 1.93. The number of unbranched alkanes of at least 4 members (excludes halogenated alkanes) is 1. The third-order valence-electron chi connectivity index (χ3n) is 1.74. The molecule has 12 heavy (non-hydrogen) atoms. The van der Waals surface area contributed by atoms with Gasteiger partial charge in [0.15, 0.2) is 0 Å². The lowest BCUT2D eigenvalue weighted by Gasteiger charge is -2.14. The van der Waals surface area contributed by atoms with Crippen molar-refractivity contribution in [3.8, 4) is 0 Å². The SMILES string of the molecule is CCCCN(C)CCCO[C]=O. The first kappa shape index (κ1) is 11.4. The second-order valence-electron chi connectivity index (χ2n) is 2.94. The molecule has 0 saturated heterocycles. The number of hydrogen-bond acceptors (Lipinski definition) is 3. The third kappa shape index (κ3) is 7.54. The molecule has 71 valence electrons. The number of ether oxygens (including phenoxy) is 1. The fourth-order valence-electron chi connectivity index (χ4n) is 0.988. The molecular weight excluding hydrogens is 154 g/mol. The fraction of sp³-hybridized carbons (Fsp3) is 0.889. The van der Waals surface area contributed by atoms with Crippen LogP contribution < -0.4 is 0 Å². The fourth-order valence-corrected chi connectivity index (χ4v) is 0.988. The van der Waals surface area contributed by atoms with Gasteiger partial charge in [0.1, 0.15) is 0 Å².